The van der Waals surface area contributed by atoms with Gasteiger partial charge in [0.2, 0.25) is 0 Å². The minimum Gasteiger partial charge on any atom is -0.385 e. The Labute approximate surface area is 119 Å². The van der Waals surface area contributed by atoms with Gasteiger partial charge in [0.15, 0.2) is 0 Å². The number of fused-ring (bicyclic) bond motifs is 1. The van der Waals surface area contributed by atoms with Crippen LogP contribution in [0.5, 0.6) is 0 Å². The summed E-state index contributed by atoms with van der Waals surface area (Å²) in [5.41, 5.74) is 4.58. The van der Waals surface area contributed by atoms with Crippen LogP contribution in [0.3, 0.4) is 0 Å². The van der Waals surface area contributed by atoms with Gasteiger partial charge < -0.3 is 10.2 Å². The molecule has 0 saturated heterocycles. The molecule has 0 aromatic heterocycles. The summed E-state index contributed by atoms with van der Waals surface area (Å²) in [5, 5.41) is 3.44. The topological polar surface area (TPSA) is 15.3 Å². The lowest BCUT2D eigenvalue weighted by atomic mass is 10.0. The second-order valence-corrected chi connectivity index (χ2v) is 5.10. The van der Waals surface area contributed by atoms with Crippen LogP contribution in [0.2, 0.25) is 0 Å². The Morgan fingerprint density at radius 1 is 1.15 bits per heavy atom. The van der Waals surface area contributed by atoms with Crippen LogP contribution in [-0.2, 0) is 6.42 Å². The molecule has 0 saturated carbocycles. The molecule has 1 aliphatic rings. The molecule has 0 fully saturated rings. The predicted octanol–water partition coefficient (Wildman–Crippen LogP) is 4.34. The second-order valence-electron chi connectivity index (χ2n) is 5.10. The summed E-state index contributed by atoms with van der Waals surface area (Å²) in [5.74, 6) is -0.197. The highest BCUT2D eigenvalue weighted by atomic mass is 19.1. The number of nitrogens with one attached hydrogen (secondary N) is 1. The van der Waals surface area contributed by atoms with E-state index in [1.807, 2.05) is 6.07 Å². The molecule has 1 N–H and O–H groups in total. The maximum atomic E-state index is 13.4. The highest BCUT2D eigenvalue weighted by Gasteiger charge is 2.13. The number of nitrogens with zero attached hydrogens (tertiary/aromatic N) is 1. The molecule has 3 heteroatoms. The lowest BCUT2D eigenvalue weighted by Crippen LogP contribution is -2.18. The zero-order valence-electron chi connectivity index (χ0n) is 11.7. The van der Waals surface area contributed by atoms with E-state index in [1.54, 1.807) is 12.1 Å². The lowest BCUT2D eigenvalue weighted by Gasteiger charge is -2.26. The molecule has 3 rings (SSSR count). The van der Waals surface area contributed by atoms with Crippen molar-refractivity contribution in [3.8, 4) is 0 Å². The normalized spacial score (nSPS) is 13.5. The summed E-state index contributed by atoms with van der Waals surface area (Å²) in [6, 6.07) is 13.2. The van der Waals surface area contributed by atoms with E-state index in [-0.39, 0.29) is 5.82 Å². The summed E-state index contributed by atoms with van der Waals surface area (Å²) in [7, 11) is 0. The first-order valence-electron chi connectivity index (χ1n) is 7.18. The van der Waals surface area contributed by atoms with Gasteiger partial charge >= 0.3 is 0 Å². The Kier molecular flexibility index (Phi) is 3.59. The molecule has 0 radical (unpaired) electrons. The Morgan fingerprint density at radius 3 is 2.80 bits per heavy atom. The van der Waals surface area contributed by atoms with Crippen LogP contribution in [0.4, 0.5) is 21.5 Å². The van der Waals surface area contributed by atoms with Crippen molar-refractivity contribution < 1.29 is 4.39 Å². The third kappa shape index (κ3) is 2.48. The van der Waals surface area contributed by atoms with Crippen molar-refractivity contribution in [2.24, 2.45) is 0 Å². The van der Waals surface area contributed by atoms with Gasteiger partial charge in [-0.3, -0.25) is 0 Å². The van der Waals surface area contributed by atoms with Crippen molar-refractivity contribution in [2.75, 3.05) is 23.3 Å². The van der Waals surface area contributed by atoms with Crippen molar-refractivity contribution in [1.82, 2.24) is 0 Å². The first-order chi connectivity index (χ1) is 9.78. The van der Waals surface area contributed by atoms with Gasteiger partial charge in [-0.15, -0.1) is 0 Å². The fourth-order valence-corrected chi connectivity index (χ4v) is 2.78. The molecule has 104 valence electrons. The number of hydrogen-bond acceptors (Lipinski definition) is 2. The zero-order valence-corrected chi connectivity index (χ0v) is 11.7. The van der Waals surface area contributed by atoms with Crippen LogP contribution < -0.4 is 10.2 Å². The third-order valence-corrected chi connectivity index (χ3v) is 3.78. The number of aryl methyl sites for hydroxylation is 1. The van der Waals surface area contributed by atoms with Gasteiger partial charge in [0, 0.05) is 30.2 Å². The molecule has 20 heavy (non-hydrogen) atoms. The lowest BCUT2D eigenvalue weighted by molar-refractivity contribution is 0.627. The number of halogens is 1. The molecule has 1 heterocycles. The quantitative estimate of drug-likeness (QED) is 0.892. The van der Waals surface area contributed by atoms with Crippen LogP contribution >= 0.6 is 0 Å². The molecule has 2 aromatic carbocycles. The van der Waals surface area contributed by atoms with Gasteiger partial charge in [-0.25, -0.2) is 4.39 Å². The second kappa shape index (κ2) is 5.53. The Bertz CT molecular complexity index is 610. The molecule has 0 amide bonds. The monoisotopic (exact) mass is 270 g/mol. The summed E-state index contributed by atoms with van der Waals surface area (Å²) in [6.45, 7) is 3.92. The van der Waals surface area contributed by atoms with E-state index in [0.717, 1.165) is 30.9 Å². The molecule has 0 unspecified atom stereocenters. The fourth-order valence-electron chi connectivity index (χ4n) is 2.78. The van der Waals surface area contributed by atoms with Crippen molar-refractivity contribution in [3.05, 3.63) is 53.8 Å². The van der Waals surface area contributed by atoms with E-state index in [4.69, 9.17) is 0 Å². The van der Waals surface area contributed by atoms with Crippen molar-refractivity contribution in [3.63, 3.8) is 0 Å². The van der Waals surface area contributed by atoms with Gasteiger partial charge in [-0.05, 0) is 55.7 Å². The van der Waals surface area contributed by atoms with Gasteiger partial charge in [-0.2, -0.15) is 0 Å². The summed E-state index contributed by atoms with van der Waals surface area (Å²) >= 11 is 0. The third-order valence-electron chi connectivity index (χ3n) is 3.78. The van der Waals surface area contributed by atoms with Gasteiger partial charge in [0.25, 0.3) is 0 Å². The van der Waals surface area contributed by atoms with E-state index in [1.165, 1.54) is 23.7 Å². The number of rotatable bonds is 3. The Hall–Kier alpha value is -2.03. The zero-order chi connectivity index (χ0) is 13.9. The first-order valence-corrected chi connectivity index (χ1v) is 7.18. The van der Waals surface area contributed by atoms with Crippen LogP contribution in [0.25, 0.3) is 0 Å². The van der Waals surface area contributed by atoms with Gasteiger partial charge in [0.05, 0.1) is 0 Å². The number of hydrogen-bond donors (Lipinski definition) is 1. The number of benzene rings is 2. The molecule has 2 nitrogen and oxygen atoms in total. The molecular weight excluding hydrogens is 251 g/mol. The average molecular weight is 270 g/mol. The van der Waals surface area contributed by atoms with E-state index in [0.29, 0.717) is 0 Å². The van der Waals surface area contributed by atoms with Gasteiger partial charge in [-0.1, -0.05) is 12.1 Å². The van der Waals surface area contributed by atoms with E-state index in [9.17, 15) is 4.39 Å². The van der Waals surface area contributed by atoms with Crippen LogP contribution in [0.1, 0.15) is 18.9 Å². The van der Waals surface area contributed by atoms with Crippen LogP contribution in [0, 0.1) is 5.82 Å². The van der Waals surface area contributed by atoms with Crippen LogP contribution in [0.15, 0.2) is 42.5 Å². The first kappa shape index (κ1) is 13.0. The molecule has 0 atom stereocenters. The molecule has 0 spiro atoms. The molecule has 0 aliphatic carbocycles. The Balaban J connectivity index is 1.97. The predicted molar refractivity (Wildman–Crippen MR) is 82.3 cm³/mol. The SMILES string of the molecule is CCN(c1cccc(F)c1)c1ccc2c(c1)NCCC2. The average Bonchev–Trinajstić information content (AvgIpc) is 2.48. The van der Waals surface area contributed by atoms with Crippen molar-refractivity contribution in [2.45, 2.75) is 19.8 Å². The van der Waals surface area contributed by atoms with E-state index >= 15 is 0 Å². The highest BCUT2D eigenvalue weighted by molar-refractivity contribution is 5.69. The van der Waals surface area contributed by atoms with E-state index in [2.05, 4.69) is 35.3 Å². The maximum Gasteiger partial charge on any atom is 0.125 e. The molecule has 2 aromatic rings. The van der Waals surface area contributed by atoms with E-state index < -0.39 is 0 Å². The maximum absolute atomic E-state index is 13.4. The standard InChI is InChI=1S/C17H19FN2/c1-2-20(15-7-3-6-14(18)11-15)16-9-8-13-5-4-10-19-17(13)12-16/h3,6-9,11-12,19H,2,4-5,10H2,1H3. The Morgan fingerprint density at radius 2 is 2.00 bits per heavy atom. The largest absolute Gasteiger partial charge is 0.385 e. The molecular formula is C17H19FN2. The highest BCUT2D eigenvalue weighted by Crippen LogP contribution is 2.31. The van der Waals surface area contributed by atoms with Crippen molar-refractivity contribution >= 4 is 17.1 Å². The molecule has 0 bridgehead atoms. The smallest absolute Gasteiger partial charge is 0.125 e. The summed E-state index contributed by atoms with van der Waals surface area (Å²) < 4.78 is 13.4. The van der Waals surface area contributed by atoms with Crippen LogP contribution in [-0.4, -0.2) is 13.1 Å². The van der Waals surface area contributed by atoms with Crippen molar-refractivity contribution in [1.29, 1.82) is 0 Å². The van der Waals surface area contributed by atoms with Gasteiger partial charge in [0.1, 0.15) is 5.82 Å². The minimum absolute atomic E-state index is 0.197. The summed E-state index contributed by atoms with van der Waals surface area (Å²) in [6.07, 6.45) is 2.32. The summed E-state index contributed by atoms with van der Waals surface area (Å²) in [4.78, 5) is 2.12. The minimum atomic E-state index is -0.197. The molecule has 1 aliphatic heterocycles. The fraction of sp³-hybridized carbons (Fsp3) is 0.294. The number of anilines is 3.